The lowest BCUT2D eigenvalue weighted by Gasteiger charge is -2.31. The maximum Gasteiger partial charge on any atom is 0.167 e. The minimum Gasteiger partial charge on any atom is -0.487 e. The molecule has 0 amide bonds. The molecule has 0 bridgehead atoms. The summed E-state index contributed by atoms with van der Waals surface area (Å²) in [6, 6.07) is 3.41. The van der Waals surface area contributed by atoms with E-state index in [1.54, 1.807) is 12.4 Å². The van der Waals surface area contributed by atoms with E-state index in [0.717, 1.165) is 49.9 Å². The van der Waals surface area contributed by atoms with Crippen molar-refractivity contribution in [3.05, 3.63) is 53.6 Å². The molecule has 3 rings (SSSR count). The van der Waals surface area contributed by atoms with Gasteiger partial charge in [-0.3, -0.25) is 14.9 Å². The third-order valence-corrected chi connectivity index (χ3v) is 3.94. The molecular formula is C17H20F2IN3O. The monoisotopic (exact) mass is 447 g/mol. The maximum atomic E-state index is 13.6. The molecule has 24 heavy (non-hydrogen) atoms. The first kappa shape index (κ1) is 19.0. The minimum atomic E-state index is -0.651. The summed E-state index contributed by atoms with van der Waals surface area (Å²) in [5.74, 6) is -1.12. The van der Waals surface area contributed by atoms with Crippen molar-refractivity contribution in [3.8, 4) is 5.75 Å². The quantitative estimate of drug-likeness (QED) is 0.670. The largest absolute Gasteiger partial charge is 0.487 e. The third-order valence-electron chi connectivity index (χ3n) is 3.94. The fraction of sp³-hybridized carbons (Fsp3) is 0.412. The second-order valence-electron chi connectivity index (χ2n) is 5.82. The number of aryl methyl sites for hydroxylation is 1. The van der Waals surface area contributed by atoms with Crippen LogP contribution in [0.1, 0.15) is 24.2 Å². The Morgan fingerprint density at radius 1 is 1.17 bits per heavy atom. The highest BCUT2D eigenvalue weighted by molar-refractivity contribution is 14.0. The minimum absolute atomic E-state index is 0. The van der Waals surface area contributed by atoms with Crippen molar-refractivity contribution in [3.63, 3.8) is 0 Å². The van der Waals surface area contributed by atoms with Crippen LogP contribution in [0.4, 0.5) is 8.78 Å². The Morgan fingerprint density at radius 2 is 1.92 bits per heavy atom. The van der Waals surface area contributed by atoms with Gasteiger partial charge < -0.3 is 4.74 Å². The molecule has 7 heteroatoms. The van der Waals surface area contributed by atoms with Gasteiger partial charge in [-0.1, -0.05) is 0 Å². The number of benzene rings is 1. The zero-order chi connectivity index (χ0) is 16.2. The lowest BCUT2D eigenvalue weighted by molar-refractivity contribution is 0.0927. The molecule has 0 spiro atoms. The van der Waals surface area contributed by atoms with E-state index in [1.807, 2.05) is 6.92 Å². The molecule has 1 fully saturated rings. The normalized spacial score (nSPS) is 15.8. The molecule has 0 unspecified atom stereocenters. The second kappa shape index (κ2) is 8.66. The van der Waals surface area contributed by atoms with Crippen LogP contribution < -0.4 is 4.74 Å². The first-order chi connectivity index (χ1) is 11.1. The van der Waals surface area contributed by atoms with E-state index >= 15 is 0 Å². The highest BCUT2D eigenvalue weighted by atomic mass is 127. The van der Waals surface area contributed by atoms with Gasteiger partial charge >= 0.3 is 0 Å². The summed E-state index contributed by atoms with van der Waals surface area (Å²) in [4.78, 5) is 10.9. The Hall–Kier alpha value is -1.35. The van der Waals surface area contributed by atoms with Gasteiger partial charge in [0, 0.05) is 38.1 Å². The second-order valence-corrected chi connectivity index (χ2v) is 5.82. The number of nitrogens with zero attached hydrogens (tertiary/aromatic N) is 3. The highest BCUT2D eigenvalue weighted by Gasteiger charge is 2.22. The molecule has 0 aliphatic carbocycles. The van der Waals surface area contributed by atoms with Crippen LogP contribution in [0.5, 0.6) is 5.75 Å². The Labute approximate surface area is 157 Å². The molecule has 0 radical (unpaired) electrons. The van der Waals surface area contributed by atoms with Crippen LogP contribution in [0.2, 0.25) is 0 Å². The average Bonchev–Trinajstić information content (AvgIpc) is 2.54. The van der Waals surface area contributed by atoms with Gasteiger partial charge in [0.25, 0.3) is 0 Å². The van der Waals surface area contributed by atoms with E-state index in [0.29, 0.717) is 0 Å². The summed E-state index contributed by atoms with van der Waals surface area (Å²) in [5, 5.41) is 0. The molecule has 1 aliphatic rings. The van der Waals surface area contributed by atoms with E-state index in [-0.39, 0.29) is 35.8 Å². The predicted octanol–water partition coefficient (Wildman–Crippen LogP) is 3.72. The molecule has 1 aromatic carbocycles. The number of aromatic nitrogens is 2. The fourth-order valence-electron chi connectivity index (χ4n) is 2.67. The van der Waals surface area contributed by atoms with Crippen LogP contribution in [0.25, 0.3) is 0 Å². The molecule has 1 saturated heterocycles. The number of ether oxygens (including phenoxy) is 1. The van der Waals surface area contributed by atoms with Crippen molar-refractivity contribution in [2.75, 3.05) is 13.1 Å². The van der Waals surface area contributed by atoms with Gasteiger partial charge in [-0.2, -0.15) is 0 Å². The van der Waals surface area contributed by atoms with Crippen molar-refractivity contribution in [2.24, 2.45) is 0 Å². The Balaban J connectivity index is 0.00000208. The molecule has 1 aromatic heterocycles. The van der Waals surface area contributed by atoms with Gasteiger partial charge in [0.2, 0.25) is 0 Å². The van der Waals surface area contributed by atoms with Gasteiger partial charge in [0.15, 0.2) is 11.6 Å². The average molecular weight is 447 g/mol. The van der Waals surface area contributed by atoms with Crippen molar-refractivity contribution in [2.45, 2.75) is 32.4 Å². The Bertz CT molecular complexity index is 661. The van der Waals surface area contributed by atoms with Crippen LogP contribution in [0.3, 0.4) is 0 Å². The first-order valence-electron chi connectivity index (χ1n) is 7.72. The van der Waals surface area contributed by atoms with Crippen molar-refractivity contribution >= 4 is 24.0 Å². The van der Waals surface area contributed by atoms with Crippen LogP contribution in [-0.2, 0) is 6.54 Å². The van der Waals surface area contributed by atoms with E-state index in [4.69, 9.17) is 4.74 Å². The lowest BCUT2D eigenvalue weighted by atomic mass is 10.1. The lowest BCUT2D eigenvalue weighted by Crippen LogP contribution is -2.38. The number of rotatable bonds is 4. The number of hydrogen-bond acceptors (Lipinski definition) is 4. The summed E-state index contributed by atoms with van der Waals surface area (Å²) in [6.45, 7) is 4.37. The maximum absolute atomic E-state index is 13.6. The molecule has 2 heterocycles. The van der Waals surface area contributed by atoms with Gasteiger partial charge in [-0.05, 0) is 31.9 Å². The van der Waals surface area contributed by atoms with Gasteiger partial charge in [0.1, 0.15) is 11.9 Å². The zero-order valence-electron chi connectivity index (χ0n) is 13.4. The molecule has 130 valence electrons. The van der Waals surface area contributed by atoms with E-state index in [2.05, 4.69) is 14.9 Å². The molecule has 0 saturated carbocycles. The van der Waals surface area contributed by atoms with Gasteiger partial charge in [-0.25, -0.2) is 8.78 Å². The van der Waals surface area contributed by atoms with Gasteiger partial charge in [0.05, 0.1) is 11.4 Å². The number of halogens is 3. The summed E-state index contributed by atoms with van der Waals surface area (Å²) >= 11 is 0. The van der Waals surface area contributed by atoms with E-state index in [9.17, 15) is 8.78 Å². The topological polar surface area (TPSA) is 38.2 Å². The smallest absolute Gasteiger partial charge is 0.167 e. The van der Waals surface area contributed by atoms with Crippen LogP contribution in [0, 0.1) is 18.6 Å². The van der Waals surface area contributed by atoms with Crippen LogP contribution >= 0.6 is 24.0 Å². The summed E-state index contributed by atoms with van der Waals surface area (Å²) in [7, 11) is 0. The Kier molecular flexibility index (Phi) is 6.85. The number of likely N-dealkylation sites (tertiary alicyclic amines) is 1. The first-order valence-corrected chi connectivity index (χ1v) is 7.72. The SMILES string of the molecule is Cc1cnc(CN2CCC(Oc3ccc(F)cc3F)CC2)cn1.I. The molecular weight excluding hydrogens is 427 g/mol. The van der Waals surface area contributed by atoms with Crippen molar-refractivity contribution < 1.29 is 13.5 Å². The molecule has 1 aliphatic heterocycles. The molecule has 2 aromatic rings. The number of piperidine rings is 1. The standard InChI is InChI=1S/C17H19F2N3O.HI/c1-12-9-21-14(10-20-12)11-22-6-4-15(5-7-22)23-17-3-2-13(18)8-16(17)19;/h2-3,8-10,15H,4-7,11H2,1H3;1H. The predicted molar refractivity (Wildman–Crippen MR) is 97.5 cm³/mol. The molecule has 0 atom stereocenters. The van der Waals surface area contributed by atoms with Crippen molar-refractivity contribution in [1.82, 2.24) is 14.9 Å². The number of hydrogen-bond donors (Lipinski definition) is 0. The van der Waals surface area contributed by atoms with Gasteiger partial charge in [-0.15, -0.1) is 24.0 Å². The highest BCUT2D eigenvalue weighted by Crippen LogP contribution is 2.23. The summed E-state index contributed by atoms with van der Waals surface area (Å²) < 4.78 is 32.2. The zero-order valence-corrected chi connectivity index (χ0v) is 15.7. The Morgan fingerprint density at radius 3 is 2.54 bits per heavy atom. The van der Waals surface area contributed by atoms with Crippen LogP contribution in [-0.4, -0.2) is 34.1 Å². The summed E-state index contributed by atoms with van der Waals surface area (Å²) in [6.07, 6.45) is 5.12. The van der Waals surface area contributed by atoms with E-state index in [1.165, 1.54) is 12.1 Å². The third kappa shape index (κ3) is 5.07. The van der Waals surface area contributed by atoms with Crippen LogP contribution in [0.15, 0.2) is 30.6 Å². The fourth-order valence-corrected chi connectivity index (χ4v) is 2.67. The summed E-state index contributed by atoms with van der Waals surface area (Å²) in [5.41, 5.74) is 1.85. The van der Waals surface area contributed by atoms with E-state index < -0.39 is 11.6 Å². The molecule has 4 nitrogen and oxygen atoms in total. The molecule has 0 N–H and O–H groups in total. The van der Waals surface area contributed by atoms with Crippen molar-refractivity contribution in [1.29, 1.82) is 0 Å².